The Morgan fingerprint density at radius 1 is 1.36 bits per heavy atom. The van der Waals surface area contributed by atoms with Crippen LogP contribution in [0.2, 0.25) is 0 Å². The van der Waals surface area contributed by atoms with E-state index in [9.17, 15) is 9.59 Å². The summed E-state index contributed by atoms with van der Waals surface area (Å²) < 4.78 is 2.16. The number of nitrogens with zero attached hydrogens (tertiary/aromatic N) is 3. The Labute approximate surface area is 130 Å². The molecule has 1 unspecified atom stereocenters. The van der Waals surface area contributed by atoms with Gasteiger partial charge in [0.05, 0.1) is 10.2 Å². The minimum Gasteiger partial charge on any atom is -0.300 e. The SMILES string of the molecule is Cc1ccc2nc(NC(=O)C(C)n3ncccc3=O)sc2c1. The van der Waals surface area contributed by atoms with Crippen molar-refractivity contribution in [2.75, 3.05) is 5.32 Å². The van der Waals surface area contributed by atoms with Gasteiger partial charge in [0.2, 0.25) is 0 Å². The largest absolute Gasteiger partial charge is 0.300 e. The van der Waals surface area contributed by atoms with Crippen LogP contribution in [0, 0.1) is 6.92 Å². The number of thiazole rings is 1. The number of aryl methyl sites for hydroxylation is 1. The molecular weight excluding hydrogens is 300 g/mol. The van der Waals surface area contributed by atoms with Gasteiger partial charge >= 0.3 is 0 Å². The van der Waals surface area contributed by atoms with Crippen molar-refractivity contribution in [3.05, 3.63) is 52.4 Å². The van der Waals surface area contributed by atoms with Gasteiger partial charge in [0.25, 0.3) is 11.5 Å². The van der Waals surface area contributed by atoms with Gasteiger partial charge in [-0.25, -0.2) is 9.67 Å². The highest BCUT2D eigenvalue weighted by molar-refractivity contribution is 7.22. The molecule has 1 aromatic carbocycles. The molecule has 0 saturated carbocycles. The van der Waals surface area contributed by atoms with Crippen LogP contribution >= 0.6 is 11.3 Å². The molecular formula is C15H14N4O2S. The second kappa shape index (κ2) is 5.69. The lowest BCUT2D eigenvalue weighted by molar-refractivity contribution is -0.119. The molecule has 0 spiro atoms. The molecule has 0 radical (unpaired) electrons. The standard InChI is InChI=1S/C15H14N4O2S/c1-9-5-6-11-12(8-9)22-15(17-11)18-14(21)10(2)19-13(20)4-3-7-16-19/h3-8,10H,1-2H3,(H,17,18,21). The molecule has 0 bridgehead atoms. The lowest BCUT2D eigenvalue weighted by Gasteiger charge is -2.11. The van der Waals surface area contributed by atoms with Crippen LogP contribution in [0.3, 0.4) is 0 Å². The summed E-state index contributed by atoms with van der Waals surface area (Å²) >= 11 is 1.41. The van der Waals surface area contributed by atoms with Crippen LogP contribution in [0.4, 0.5) is 5.13 Å². The van der Waals surface area contributed by atoms with Crippen LogP contribution in [0.25, 0.3) is 10.2 Å². The van der Waals surface area contributed by atoms with Crippen LogP contribution in [-0.4, -0.2) is 20.7 Å². The zero-order valence-corrected chi connectivity index (χ0v) is 12.9. The topological polar surface area (TPSA) is 76.9 Å². The van der Waals surface area contributed by atoms with E-state index in [-0.39, 0.29) is 11.5 Å². The van der Waals surface area contributed by atoms with E-state index in [0.717, 1.165) is 20.5 Å². The fraction of sp³-hybridized carbons (Fsp3) is 0.200. The molecule has 22 heavy (non-hydrogen) atoms. The summed E-state index contributed by atoms with van der Waals surface area (Å²) in [7, 11) is 0. The molecule has 0 aliphatic heterocycles. The third-order valence-corrected chi connectivity index (χ3v) is 4.20. The van der Waals surface area contributed by atoms with E-state index in [0.29, 0.717) is 5.13 Å². The van der Waals surface area contributed by atoms with Gasteiger partial charge in [0, 0.05) is 12.3 Å². The lowest BCUT2D eigenvalue weighted by Crippen LogP contribution is -2.32. The lowest BCUT2D eigenvalue weighted by atomic mass is 10.2. The quantitative estimate of drug-likeness (QED) is 0.805. The molecule has 0 saturated heterocycles. The Bertz CT molecular complexity index is 900. The van der Waals surface area contributed by atoms with Crippen LogP contribution in [0.1, 0.15) is 18.5 Å². The molecule has 0 fully saturated rings. The second-order valence-electron chi connectivity index (χ2n) is 4.96. The van der Waals surface area contributed by atoms with Crippen molar-refractivity contribution in [3.63, 3.8) is 0 Å². The first-order valence-corrected chi connectivity index (χ1v) is 7.58. The Kier molecular flexibility index (Phi) is 3.72. The van der Waals surface area contributed by atoms with Crippen LogP contribution in [0.15, 0.2) is 41.3 Å². The fourth-order valence-corrected chi connectivity index (χ4v) is 3.03. The average molecular weight is 314 g/mol. The molecule has 1 amide bonds. The number of hydrogen-bond acceptors (Lipinski definition) is 5. The van der Waals surface area contributed by atoms with Crippen molar-refractivity contribution in [1.82, 2.24) is 14.8 Å². The maximum Gasteiger partial charge on any atom is 0.267 e. The number of carbonyl (C=O) groups is 1. The van der Waals surface area contributed by atoms with Gasteiger partial charge in [-0.15, -0.1) is 0 Å². The highest BCUT2D eigenvalue weighted by atomic mass is 32.1. The molecule has 0 aliphatic carbocycles. The van der Waals surface area contributed by atoms with E-state index in [4.69, 9.17) is 0 Å². The van der Waals surface area contributed by atoms with Crippen molar-refractivity contribution in [3.8, 4) is 0 Å². The predicted molar refractivity (Wildman–Crippen MR) is 86.2 cm³/mol. The molecule has 6 nitrogen and oxygen atoms in total. The maximum absolute atomic E-state index is 12.3. The van der Waals surface area contributed by atoms with Gasteiger partial charge < -0.3 is 5.32 Å². The minimum absolute atomic E-state index is 0.315. The van der Waals surface area contributed by atoms with Crippen LogP contribution in [-0.2, 0) is 4.79 Å². The number of nitrogens with one attached hydrogen (secondary N) is 1. The summed E-state index contributed by atoms with van der Waals surface area (Å²) in [4.78, 5) is 28.3. The molecule has 1 N–H and O–H groups in total. The molecule has 3 aromatic rings. The zero-order chi connectivity index (χ0) is 15.7. The Hall–Kier alpha value is -2.54. The first-order valence-electron chi connectivity index (χ1n) is 6.76. The molecule has 2 aromatic heterocycles. The number of aromatic nitrogens is 3. The van der Waals surface area contributed by atoms with E-state index >= 15 is 0 Å². The van der Waals surface area contributed by atoms with Crippen molar-refractivity contribution in [2.45, 2.75) is 19.9 Å². The number of fused-ring (bicyclic) bond motifs is 1. The normalized spacial score (nSPS) is 12.3. The Morgan fingerprint density at radius 3 is 2.95 bits per heavy atom. The molecule has 1 atom stereocenters. The Balaban J connectivity index is 1.83. The highest BCUT2D eigenvalue weighted by Crippen LogP contribution is 2.27. The summed E-state index contributed by atoms with van der Waals surface area (Å²) in [6.45, 7) is 3.63. The van der Waals surface area contributed by atoms with E-state index in [1.165, 1.54) is 23.6 Å². The molecule has 0 aliphatic rings. The predicted octanol–water partition coefficient (Wildman–Crippen LogP) is 2.36. The number of rotatable bonds is 3. The Morgan fingerprint density at radius 2 is 2.18 bits per heavy atom. The molecule has 3 rings (SSSR count). The summed E-state index contributed by atoms with van der Waals surface area (Å²) in [5.74, 6) is -0.323. The molecule has 7 heteroatoms. The average Bonchev–Trinajstić information content (AvgIpc) is 2.88. The smallest absolute Gasteiger partial charge is 0.267 e. The summed E-state index contributed by atoms with van der Waals surface area (Å²) in [5.41, 5.74) is 1.67. The van der Waals surface area contributed by atoms with E-state index in [1.54, 1.807) is 13.0 Å². The number of benzene rings is 1. The van der Waals surface area contributed by atoms with Crippen LogP contribution < -0.4 is 10.9 Å². The third kappa shape index (κ3) is 2.75. The van der Waals surface area contributed by atoms with E-state index in [1.807, 2.05) is 25.1 Å². The first kappa shape index (κ1) is 14.4. The fourth-order valence-electron chi connectivity index (χ4n) is 2.07. The monoisotopic (exact) mass is 314 g/mol. The van der Waals surface area contributed by atoms with Gasteiger partial charge in [-0.3, -0.25) is 9.59 Å². The number of anilines is 1. The summed E-state index contributed by atoms with van der Waals surface area (Å²) in [6, 6.07) is 8.13. The van der Waals surface area contributed by atoms with Gasteiger partial charge in [0.1, 0.15) is 6.04 Å². The van der Waals surface area contributed by atoms with Crippen LogP contribution in [0.5, 0.6) is 0 Å². The van der Waals surface area contributed by atoms with Gasteiger partial charge in [-0.05, 0) is 37.6 Å². The van der Waals surface area contributed by atoms with Gasteiger partial charge in [-0.1, -0.05) is 17.4 Å². The third-order valence-electron chi connectivity index (χ3n) is 3.26. The number of amides is 1. The first-order chi connectivity index (χ1) is 10.5. The van der Waals surface area contributed by atoms with E-state index < -0.39 is 6.04 Å². The highest BCUT2D eigenvalue weighted by Gasteiger charge is 2.18. The van der Waals surface area contributed by atoms with Crippen molar-refractivity contribution < 1.29 is 4.79 Å². The second-order valence-corrected chi connectivity index (χ2v) is 5.99. The summed E-state index contributed by atoms with van der Waals surface area (Å²) in [5, 5.41) is 7.18. The minimum atomic E-state index is -0.706. The number of hydrogen-bond donors (Lipinski definition) is 1. The summed E-state index contributed by atoms with van der Waals surface area (Å²) in [6.07, 6.45) is 1.48. The maximum atomic E-state index is 12.3. The van der Waals surface area contributed by atoms with Crippen molar-refractivity contribution in [2.24, 2.45) is 0 Å². The number of carbonyl (C=O) groups excluding carboxylic acids is 1. The van der Waals surface area contributed by atoms with Gasteiger partial charge in [0.15, 0.2) is 5.13 Å². The van der Waals surface area contributed by atoms with E-state index in [2.05, 4.69) is 15.4 Å². The zero-order valence-electron chi connectivity index (χ0n) is 12.1. The van der Waals surface area contributed by atoms with Crippen molar-refractivity contribution >= 4 is 32.6 Å². The van der Waals surface area contributed by atoms with Crippen molar-refractivity contribution in [1.29, 1.82) is 0 Å². The molecule has 2 heterocycles. The van der Waals surface area contributed by atoms with Gasteiger partial charge in [-0.2, -0.15) is 5.10 Å². The molecule has 112 valence electrons.